The van der Waals surface area contributed by atoms with E-state index in [0.717, 1.165) is 33.8 Å². The highest BCUT2D eigenvalue weighted by Gasteiger charge is 2.36. The molecule has 0 aliphatic heterocycles. The van der Waals surface area contributed by atoms with Crippen molar-refractivity contribution in [3.63, 3.8) is 0 Å². The molecule has 1 aliphatic carbocycles. The summed E-state index contributed by atoms with van der Waals surface area (Å²) >= 11 is 0. The molecule has 0 bridgehead atoms. The van der Waals surface area contributed by atoms with E-state index in [1.54, 1.807) is 10.6 Å². The van der Waals surface area contributed by atoms with Gasteiger partial charge in [-0.25, -0.2) is 0 Å². The Labute approximate surface area is 218 Å². The normalized spacial score (nSPS) is 15.3. The summed E-state index contributed by atoms with van der Waals surface area (Å²) in [5.74, 6) is -1.57. The van der Waals surface area contributed by atoms with Crippen molar-refractivity contribution in [3.05, 3.63) is 107 Å². The molecule has 5 nitrogen and oxygen atoms in total. The number of alkyl halides is 3. The molecule has 1 heterocycles. The van der Waals surface area contributed by atoms with Crippen LogP contribution >= 0.6 is 0 Å². The van der Waals surface area contributed by atoms with Gasteiger partial charge in [0, 0.05) is 35.6 Å². The number of carboxylic acids is 1. The van der Waals surface area contributed by atoms with E-state index in [1.807, 2.05) is 54.6 Å². The van der Waals surface area contributed by atoms with Gasteiger partial charge < -0.3 is 14.6 Å². The summed E-state index contributed by atoms with van der Waals surface area (Å²) in [6.07, 6.45) is -3.10. The molecular weight excluding hydrogens is 493 g/mol. The minimum absolute atomic E-state index is 0.0545. The van der Waals surface area contributed by atoms with Gasteiger partial charge in [-0.15, -0.1) is 0 Å². The smallest absolute Gasteiger partial charge is 0.416 e. The molecule has 1 N–H and O–H groups in total. The van der Waals surface area contributed by atoms with E-state index in [4.69, 9.17) is 0 Å². The second-order valence-corrected chi connectivity index (χ2v) is 9.70. The topological polar surface area (TPSA) is 62.5 Å². The Bertz CT molecular complexity index is 1480. The number of carbonyl (C=O) groups is 2. The fourth-order valence-electron chi connectivity index (χ4n) is 5.54. The number of para-hydroxylation sites is 1. The number of nitrogens with zero attached hydrogens (tertiary/aromatic N) is 2. The van der Waals surface area contributed by atoms with Crippen LogP contribution in [0.4, 0.5) is 13.2 Å². The molecule has 1 amide bonds. The van der Waals surface area contributed by atoms with Crippen molar-refractivity contribution >= 4 is 22.8 Å². The van der Waals surface area contributed by atoms with E-state index in [9.17, 15) is 27.9 Å². The molecule has 196 valence electrons. The van der Waals surface area contributed by atoms with Gasteiger partial charge in [0.15, 0.2) is 0 Å². The zero-order chi connectivity index (χ0) is 26.9. The summed E-state index contributed by atoms with van der Waals surface area (Å²) in [7, 11) is 0. The molecule has 0 radical (unpaired) electrons. The molecule has 1 unspecified atom stereocenters. The molecule has 1 aromatic heterocycles. The molecule has 0 spiro atoms. The van der Waals surface area contributed by atoms with E-state index >= 15 is 0 Å². The van der Waals surface area contributed by atoms with E-state index < -0.39 is 23.6 Å². The summed E-state index contributed by atoms with van der Waals surface area (Å²) < 4.78 is 43.0. The van der Waals surface area contributed by atoms with Gasteiger partial charge in [0.2, 0.25) is 5.91 Å². The Morgan fingerprint density at radius 2 is 1.61 bits per heavy atom. The minimum atomic E-state index is -4.52. The van der Waals surface area contributed by atoms with Crippen LogP contribution in [0.2, 0.25) is 0 Å². The van der Waals surface area contributed by atoms with Gasteiger partial charge in [-0.05, 0) is 48.1 Å². The molecule has 8 heteroatoms. The molecule has 0 fully saturated rings. The van der Waals surface area contributed by atoms with Gasteiger partial charge in [-0.1, -0.05) is 66.7 Å². The average molecular weight is 521 g/mol. The number of carboxylic acid groups (broad SMARTS) is 1. The number of halogens is 3. The van der Waals surface area contributed by atoms with Crippen molar-refractivity contribution in [2.45, 2.75) is 45.1 Å². The highest BCUT2D eigenvalue weighted by atomic mass is 19.4. The van der Waals surface area contributed by atoms with Crippen LogP contribution in [0.1, 0.15) is 34.4 Å². The number of amides is 1. The fraction of sp³-hybridized carbons (Fsp3) is 0.267. The average Bonchev–Trinajstić information content (AvgIpc) is 3.20. The highest BCUT2D eigenvalue weighted by Crippen LogP contribution is 2.36. The Hall–Kier alpha value is -4.07. The number of aliphatic carboxylic acids is 1. The van der Waals surface area contributed by atoms with Gasteiger partial charge in [-0.2, -0.15) is 13.2 Å². The molecule has 5 rings (SSSR count). The highest BCUT2D eigenvalue weighted by molar-refractivity contribution is 5.88. The second-order valence-electron chi connectivity index (χ2n) is 9.70. The second kappa shape index (κ2) is 10.4. The Morgan fingerprint density at radius 3 is 2.34 bits per heavy atom. The first kappa shape index (κ1) is 25.6. The van der Waals surface area contributed by atoms with Crippen LogP contribution in [0, 0.1) is 5.92 Å². The summed E-state index contributed by atoms with van der Waals surface area (Å²) in [5, 5.41) is 10.4. The summed E-state index contributed by atoms with van der Waals surface area (Å²) in [5.41, 5.74) is 2.82. The zero-order valence-electron chi connectivity index (χ0n) is 20.6. The number of fused-ring (bicyclic) bond motifs is 3. The monoisotopic (exact) mass is 520 g/mol. The predicted octanol–water partition coefficient (Wildman–Crippen LogP) is 6.08. The SMILES string of the molecule is O=C(O)Cn1c2c(c3ccccc31)CC(C(=O)N(Cc1ccccc1)Cc1ccccc1C(F)(F)F)CC2. The third-order valence-electron chi connectivity index (χ3n) is 7.23. The first-order valence-corrected chi connectivity index (χ1v) is 12.5. The standard InChI is InChI=1S/C30H27F3N2O3/c31-30(32,33)25-12-6-4-10-22(25)18-34(17-20-8-2-1-3-9-20)29(38)21-14-15-27-24(16-21)23-11-5-7-13-26(23)35(27)19-28(36)37/h1-13,21H,14-19H2,(H,36,37). The number of rotatable bonds is 7. The maximum Gasteiger partial charge on any atom is 0.416 e. The summed E-state index contributed by atoms with van der Waals surface area (Å²) in [6, 6.07) is 22.2. The number of hydrogen-bond acceptors (Lipinski definition) is 2. The molecule has 1 atom stereocenters. The lowest BCUT2D eigenvalue weighted by molar-refractivity contribution is -0.141. The fourth-order valence-corrected chi connectivity index (χ4v) is 5.54. The van der Waals surface area contributed by atoms with Crippen LogP contribution in [0.25, 0.3) is 10.9 Å². The zero-order valence-corrected chi connectivity index (χ0v) is 20.6. The Kier molecular flexibility index (Phi) is 6.97. The van der Waals surface area contributed by atoms with Crippen LogP contribution < -0.4 is 0 Å². The van der Waals surface area contributed by atoms with Crippen molar-refractivity contribution in [1.29, 1.82) is 0 Å². The lowest BCUT2D eigenvalue weighted by Crippen LogP contribution is -2.38. The predicted molar refractivity (Wildman–Crippen MR) is 137 cm³/mol. The van der Waals surface area contributed by atoms with E-state index in [1.165, 1.54) is 17.0 Å². The molecule has 4 aromatic rings. The molecule has 0 saturated carbocycles. The van der Waals surface area contributed by atoms with Gasteiger partial charge in [0.25, 0.3) is 0 Å². The molecule has 3 aromatic carbocycles. The van der Waals surface area contributed by atoms with Crippen molar-refractivity contribution in [3.8, 4) is 0 Å². The number of aromatic nitrogens is 1. The third kappa shape index (κ3) is 5.16. The lowest BCUT2D eigenvalue weighted by atomic mass is 9.85. The van der Waals surface area contributed by atoms with E-state index in [-0.39, 0.29) is 31.1 Å². The number of carbonyl (C=O) groups excluding carboxylic acids is 1. The number of hydrogen-bond donors (Lipinski definition) is 1. The first-order chi connectivity index (χ1) is 18.2. The van der Waals surface area contributed by atoms with Crippen molar-refractivity contribution in [2.75, 3.05) is 0 Å². The van der Waals surface area contributed by atoms with Crippen LogP contribution in [0.5, 0.6) is 0 Å². The summed E-state index contributed by atoms with van der Waals surface area (Å²) in [6.45, 7) is -0.133. The van der Waals surface area contributed by atoms with Gasteiger partial charge >= 0.3 is 12.1 Å². The largest absolute Gasteiger partial charge is 0.480 e. The molecular formula is C30H27F3N2O3. The van der Waals surface area contributed by atoms with Gasteiger partial charge in [0.05, 0.1) is 5.56 Å². The molecule has 1 aliphatic rings. The maximum absolute atomic E-state index is 13.9. The van der Waals surface area contributed by atoms with Crippen LogP contribution in [0.15, 0.2) is 78.9 Å². The van der Waals surface area contributed by atoms with Gasteiger partial charge in [0.1, 0.15) is 6.54 Å². The molecule has 38 heavy (non-hydrogen) atoms. The quantitative estimate of drug-likeness (QED) is 0.321. The lowest BCUT2D eigenvalue weighted by Gasteiger charge is -2.31. The third-order valence-corrected chi connectivity index (χ3v) is 7.23. The maximum atomic E-state index is 13.9. The van der Waals surface area contributed by atoms with Crippen LogP contribution in [0.3, 0.4) is 0 Å². The Morgan fingerprint density at radius 1 is 0.921 bits per heavy atom. The van der Waals surface area contributed by atoms with Crippen LogP contribution in [-0.4, -0.2) is 26.5 Å². The first-order valence-electron chi connectivity index (χ1n) is 12.5. The van der Waals surface area contributed by atoms with E-state index in [0.29, 0.717) is 19.3 Å². The van der Waals surface area contributed by atoms with Crippen LogP contribution in [-0.2, 0) is 48.2 Å². The minimum Gasteiger partial charge on any atom is -0.480 e. The van der Waals surface area contributed by atoms with E-state index in [2.05, 4.69) is 0 Å². The Balaban J connectivity index is 1.48. The van der Waals surface area contributed by atoms with Gasteiger partial charge in [-0.3, -0.25) is 9.59 Å². The number of benzene rings is 3. The van der Waals surface area contributed by atoms with Crippen molar-refractivity contribution in [1.82, 2.24) is 9.47 Å². The van der Waals surface area contributed by atoms with Crippen molar-refractivity contribution in [2.24, 2.45) is 5.92 Å². The summed E-state index contributed by atoms with van der Waals surface area (Å²) in [4.78, 5) is 27.0. The molecule has 0 saturated heterocycles. The van der Waals surface area contributed by atoms with Crippen molar-refractivity contribution < 1.29 is 27.9 Å².